The highest BCUT2D eigenvalue weighted by atomic mass is 19.1. The number of primary amides is 1. The van der Waals surface area contributed by atoms with Crippen LogP contribution in [-0.2, 0) is 32.6 Å². The van der Waals surface area contributed by atoms with E-state index < -0.39 is 29.9 Å². The third-order valence-corrected chi connectivity index (χ3v) is 8.24. The quantitative estimate of drug-likeness (QED) is 0.403. The van der Waals surface area contributed by atoms with Crippen molar-refractivity contribution in [3.05, 3.63) is 65.0 Å². The summed E-state index contributed by atoms with van der Waals surface area (Å²) in [4.78, 5) is 43.1. The molecule has 0 saturated heterocycles. The number of rotatable bonds is 10. The maximum atomic E-state index is 14.1. The van der Waals surface area contributed by atoms with Gasteiger partial charge in [0.15, 0.2) is 0 Å². The Kier molecular flexibility index (Phi) is 10.5. The molecule has 0 unspecified atom stereocenters. The molecule has 41 heavy (non-hydrogen) atoms. The number of amides is 3. The number of phenolic OH excluding ortho intramolecular Hbond substituents is 1. The lowest BCUT2D eigenvalue weighted by atomic mass is 9.82. The second-order valence-corrected chi connectivity index (χ2v) is 12.4. The molecule has 0 bridgehead atoms. The van der Waals surface area contributed by atoms with Gasteiger partial charge in [-0.2, -0.15) is 0 Å². The first-order chi connectivity index (χ1) is 19.2. The Bertz CT molecular complexity index is 1220. The smallest absolute Gasteiger partial charge is 0.246 e. The van der Waals surface area contributed by atoms with Gasteiger partial charge in [0.25, 0.3) is 0 Å². The van der Waals surface area contributed by atoms with Gasteiger partial charge in [-0.3, -0.25) is 14.4 Å². The van der Waals surface area contributed by atoms with Crippen LogP contribution in [0.3, 0.4) is 0 Å². The van der Waals surface area contributed by atoms with Crippen molar-refractivity contribution in [2.75, 3.05) is 14.1 Å². The lowest BCUT2D eigenvalue weighted by molar-refractivity contribution is -0.150. The Labute approximate surface area is 242 Å². The lowest BCUT2D eigenvalue weighted by Crippen LogP contribution is -2.59. The van der Waals surface area contributed by atoms with Gasteiger partial charge < -0.3 is 26.4 Å². The molecule has 1 aliphatic rings. The van der Waals surface area contributed by atoms with Crippen LogP contribution in [0.2, 0.25) is 0 Å². The third kappa shape index (κ3) is 8.06. The fourth-order valence-corrected chi connectivity index (χ4v) is 5.82. The topological polar surface area (TPSA) is 130 Å². The molecule has 2 aromatic carbocycles. The Hall–Kier alpha value is -3.46. The first-order valence-corrected chi connectivity index (χ1v) is 14.4. The number of carbonyl (C=O) groups excluding carboxylic acids is 3. The minimum absolute atomic E-state index is 0.0830. The summed E-state index contributed by atoms with van der Waals surface area (Å²) in [6, 6.07) is 8.29. The number of benzene rings is 2. The largest absolute Gasteiger partial charge is 0.508 e. The molecule has 2 aromatic rings. The van der Waals surface area contributed by atoms with Crippen LogP contribution in [0.4, 0.5) is 4.39 Å². The highest BCUT2D eigenvalue weighted by Gasteiger charge is 2.40. The van der Waals surface area contributed by atoms with Crippen LogP contribution in [0, 0.1) is 11.7 Å². The summed E-state index contributed by atoms with van der Waals surface area (Å²) in [5.41, 5.74) is 14.0. The molecule has 0 radical (unpaired) electrons. The van der Waals surface area contributed by atoms with Crippen molar-refractivity contribution in [1.82, 2.24) is 9.80 Å². The summed E-state index contributed by atoms with van der Waals surface area (Å²) < 4.78 is 13.3. The second-order valence-electron chi connectivity index (χ2n) is 12.4. The van der Waals surface area contributed by atoms with Crippen molar-refractivity contribution < 1.29 is 23.9 Å². The molecular formula is C32H45FN4O4. The molecule has 9 heteroatoms. The van der Waals surface area contributed by atoms with Crippen LogP contribution in [0.25, 0.3) is 0 Å². The van der Waals surface area contributed by atoms with Crippen LogP contribution in [0.5, 0.6) is 5.75 Å². The normalized spacial score (nSPS) is 16.5. The Balaban J connectivity index is 1.86. The summed E-state index contributed by atoms with van der Waals surface area (Å²) in [5.74, 6) is -1.70. The van der Waals surface area contributed by atoms with Gasteiger partial charge in [-0.15, -0.1) is 0 Å². The molecule has 1 saturated carbocycles. The molecule has 1 fully saturated rings. The molecule has 3 atom stereocenters. The Morgan fingerprint density at radius 3 is 2.07 bits per heavy atom. The molecule has 3 rings (SSSR count). The average molecular weight is 569 g/mol. The van der Waals surface area contributed by atoms with E-state index in [1.807, 2.05) is 26.8 Å². The van der Waals surface area contributed by atoms with E-state index in [0.717, 1.165) is 48.8 Å². The van der Waals surface area contributed by atoms with Crippen LogP contribution < -0.4 is 11.5 Å². The molecule has 8 nitrogen and oxygen atoms in total. The Morgan fingerprint density at radius 1 is 0.927 bits per heavy atom. The van der Waals surface area contributed by atoms with Gasteiger partial charge in [0.1, 0.15) is 23.7 Å². The van der Waals surface area contributed by atoms with Crippen molar-refractivity contribution in [3.63, 3.8) is 0 Å². The van der Waals surface area contributed by atoms with E-state index >= 15 is 0 Å². The van der Waals surface area contributed by atoms with Crippen molar-refractivity contribution >= 4 is 17.7 Å². The van der Waals surface area contributed by atoms with Crippen LogP contribution in [-0.4, -0.2) is 64.8 Å². The van der Waals surface area contributed by atoms with Gasteiger partial charge in [0, 0.05) is 20.5 Å². The number of likely N-dealkylation sites (N-methyl/N-ethyl adjacent to an activating group) is 2. The number of hydrogen-bond donors (Lipinski definition) is 3. The third-order valence-electron chi connectivity index (χ3n) is 8.24. The molecule has 0 aliphatic heterocycles. The number of nitrogens with two attached hydrogens (primary N) is 2. The first-order valence-electron chi connectivity index (χ1n) is 14.4. The van der Waals surface area contributed by atoms with Gasteiger partial charge in [0.2, 0.25) is 17.7 Å². The number of phenols is 1. The number of halogens is 1. The van der Waals surface area contributed by atoms with Gasteiger partial charge in [-0.1, -0.05) is 64.3 Å². The molecule has 0 aromatic heterocycles. The highest BCUT2D eigenvalue weighted by molar-refractivity contribution is 5.93. The van der Waals surface area contributed by atoms with E-state index in [1.54, 1.807) is 38.4 Å². The maximum absolute atomic E-state index is 14.1. The van der Waals surface area contributed by atoms with Gasteiger partial charge in [-0.25, -0.2) is 4.39 Å². The van der Waals surface area contributed by atoms with Crippen molar-refractivity contribution in [3.8, 4) is 5.75 Å². The monoisotopic (exact) mass is 568 g/mol. The number of nitrogens with zero attached hydrogens (tertiary/aromatic N) is 2. The minimum atomic E-state index is -0.956. The molecule has 224 valence electrons. The fourth-order valence-electron chi connectivity index (χ4n) is 5.82. The van der Waals surface area contributed by atoms with E-state index in [9.17, 15) is 23.9 Å². The molecule has 5 N–H and O–H groups in total. The predicted molar refractivity (Wildman–Crippen MR) is 157 cm³/mol. The second kappa shape index (κ2) is 13.5. The van der Waals surface area contributed by atoms with Gasteiger partial charge in [-0.05, 0) is 65.5 Å². The number of aromatic hydroxyl groups is 1. The van der Waals surface area contributed by atoms with E-state index in [1.165, 1.54) is 21.9 Å². The summed E-state index contributed by atoms with van der Waals surface area (Å²) in [5, 5.41) is 10.4. The average Bonchev–Trinajstić information content (AvgIpc) is 2.92. The number of carbonyl (C=O) groups is 3. The highest BCUT2D eigenvalue weighted by Crippen LogP contribution is 2.33. The maximum Gasteiger partial charge on any atom is 0.246 e. The summed E-state index contributed by atoms with van der Waals surface area (Å²) in [6.45, 7) is 5.94. The lowest BCUT2D eigenvalue weighted by Gasteiger charge is -2.40. The SMILES string of the molecule is CN(C(=O)[C@@H](N)Cc1ccc(F)cc1)[C@H](C(=O)N(C)[C@@H](Cc1ccc(O)c(C(C)(C)C)c1)C(N)=O)C1CCCCC1. The summed E-state index contributed by atoms with van der Waals surface area (Å²) in [6.07, 6.45) is 4.89. The van der Waals surface area contributed by atoms with Gasteiger partial charge >= 0.3 is 0 Å². The van der Waals surface area contributed by atoms with Gasteiger partial charge in [0.05, 0.1) is 6.04 Å². The zero-order valence-electron chi connectivity index (χ0n) is 24.9. The summed E-state index contributed by atoms with van der Waals surface area (Å²) in [7, 11) is 3.14. The van der Waals surface area contributed by atoms with Crippen LogP contribution in [0.15, 0.2) is 42.5 Å². The van der Waals surface area contributed by atoms with Crippen molar-refractivity contribution in [1.29, 1.82) is 0 Å². The molecule has 0 spiro atoms. The molecule has 0 heterocycles. The van der Waals surface area contributed by atoms with Crippen molar-refractivity contribution in [2.24, 2.45) is 17.4 Å². The zero-order valence-corrected chi connectivity index (χ0v) is 24.9. The van der Waals surface area contributed by atoms with E-state index in [2.05, 4.69) is 0 Å². The first kappa shape index (κ1) is 32.1. The minimum Gasteiger partial charge on any atom is -0.508 e. The fraction of sp³-hybridized carbons (Fsp3) is 0.531. The van der Waals surface area contributed by atoms with E-state index in [0.29, 0.717) is 0 Å². The number of hydrogen-bond acceptors (Lipinski definition) is 5. The Morgan fingerprint density at radius 2 is 1.51 bits per heavy atom. The van der Waals surface area contributed by atoms with Crippen molar-refractivity contribution in [2.45, 2.75) is 89.3 Å². The van der Waals surface area contributed by atoms with Crippen LogP contribution in [0.1, 0.15) is 69.6 Å². The zero-order chi connectivity index (χ0) is 30.5. The van der Waals surface area contributed by atoms with E-state index in [-0.39, 0.29) is 41.6 Å². The van der Waals surface area contributed by atoms with Crippen LogP contribution >= 0.6 is 0 Å². The molecule has 1 aliphatic carbocycles. The predicted octanol–water partition coefficient (Wildman–Crippen LogP) is 3.66. The molecule has 3 amide bonds. The molecular weight excluding hydrogens is 523 g/mol. The summed E-state index contributed by atoms with van der Waals surface area (Å²) >= 11 is 0. The standard InChI is InChI=1S/C32H45FN4O4/c1-32(2,3)24-17-21(13-16-27(24)38)19-26(29(35)39)36(4)31(41)28(22-9-7-6-8-10-22)37(5)30(40)25(34)18-20-11-14-23(33)15-12-20/h11-17,22,25-26,28,38H,6-10,18-19,34H2,1-5H3,(H2,35,39)/t25-,26-,28-/m0/s1. The van der Waals surface area contributed by atoms with E-state index in [4.69, 9.17) is 11.5 Å².